The molecule has 1 aromatic heterocycles. The minimum Gasteiger partial charge on any atom is -0.482 e. The lowest BCUT2D eigenvalue weighted by Crippen LogP contribution is -2.14. The van der Waals surface area contributed by atoms with Crippen molar-refractivity contribution in [1.29, 1.82) is 0 Å². The molecule has 4 nitrogen and oxygen atoms in total. The number of ether oxygens (including phenoxy) is 1. The van der Waals surface area contributed by atoms with Gasteiger partial charge in [0.25, 0.3) is 5.91 Å². The third kappa shape index (κ3) is 3.54. The van der Waals surface area contributed by atoms with Gasteiger partial charge in [0.05, 0.1) is 5.56 Å². The van der Waals surface area contributed by atoms with Crippen molar-refractivity contribution in [1.82, 2.24) is 4.98 Å². The van der Waals surface area contributed by atoms with Gasteiger partial charge in [-0.25, -0.2) is 4.98 Å². The van der Waals surface area contributed by atoms with Crippen molar-refractivity contribution in [2.45, 2.75) is 6.92 Å². The standard InChI is InChI=1S/C14H13BrN2O2/c1-10-6-7-16-13(8-10)17-14(18)11-4-2-3-5-12(11)19-9-15/h2-8H,9H2,1H3,(H,16,17,18). The minimum atomic E-state index is -0.241. The Bertz CT molecular complexity index is 587. The van der Waals surface area contributed by atoms with Crippen molar-refractivity contribution in [3.05, 3.63) is 53.7 Å². The van der Waals surface area contributed by atoms with Gasteiger partial charge < -0.3 is 10.1 Å². The summed E-state index contributed by atoms with van der Waals surface area (Å²) in [6.07, 6.45) is 1.66. The van der Waals surface area contributed by atoms with Crippen LogP contribution >= 0.6 is 15.9 Å². The number of aryl methyl sites for hydroxylation is 1. The molecule has 19 heavy (non-hydrogen) atoms. The van der Waals surface area contributed by atoms with Crippen LogP contribution in [0.1, 0.15) is 15.9 Å². The molecule has 0 spiro atoms. The number of amides is 1. The van der Waals surface area contributed by atoms with E-state index >= 15 is 0 Å². The summed E-state index contributed by atoms with van der Waals surface area (Å²) in [5.74, 6) is 0.817. The van der Waals surface area contributed by atoms with Crippen molar-refractivity contribution >= 4 is 27.7 Å². The van der Waals surface area contributed by atoms with Gasteiger partial charge in [-0.15, -0.1) is 0 Å². The van der Waals surface area contributed by atoms with Crippen LogP contribution in [0.2, 0.25) is 0 Å². The number of nitrogens with zero attached hydrogens (tertiary/aromatic N) is 1. The Balaban J connectivity index is 2.20. The van der Waals surface area contributed by atoms with Crippen LogP contribution in [0.5, 0.6) is 5.75 Å². The Hall–Kier alpha value is -1.88. The lowest BCUT2D eigenvalue weighted by molar-refractivity contribution is 0.102. The molecule has 1 N–H and O–H groups in total. The number of carbonyl (C=O) groups is 1. The van der Waals surface area contributed by atoms with Gasteiger partial charge in [-0.3, -0.25) is 4.79 Å². The average molecular weight is 321 g/mol. The van der Waals surface area contributed by atoms with E-state index in [1.807, 2.05) is 25.1 Å². The van der Waals surface area contributed by atoms with Crippen LogP contribution in [0.3, 0.4) is 0 Å². The molecule has 2 rings (SSSR count). The molecule has 0 aliphatic carbocycles. The molecule has 0 bridgehead atoms. The number of hydrogen-bond acceptors (Lipinski definition) is 3. The third-order valence-corrected chi connectivity index (χ3v) is 2.73. The summed E-state index contributed by atoms with van der Waals surface area (Å²) >= 11 is 3.18. The molecule has 0 aliphatic heterocycles. The zero-order valence-corrected chi connectivity index (χ0v) is 12.0. The third-order valence-electron chi connectivity index (χ3n) is 2.50. The van der Waals surface area contributed by atoms with Gasteiger partial charge >= 0.3 is 0 Å². The second-order valence-electron chi connectivity index (χ2n) is 3.92. The van der Waals surface area contributed by atoms with Crippen molar-refractivity contribution in [3.63, 3.8) is 0 Å². The van der Waals surface area contributed by atoms with Crippen molar-refractivity contribution in [3.8, 4) is 5.75 Å². The number of para-hydroxylation sites is 1. The Morgan fingerprint density at radius 1 is 1.37 bits per heavy atom. The van der Waals surface area contributed by atoms with Gasteiger partial charge in [0.2, 0.25) is 0 Å². The molecule has 5 heteroatoms. The minimum absolute atomic E-state index is 0.241. The van der Waals surface area contributed by atoms with Gasteiger partial charge in [0.15, 0.2) is 0 Å². The van der Waals surface area contributed by atoms with E-state index in [1.54, 1.807) is 24.4 Å². The summed E-state index contributed by atoms with van der Waals surface area (Å²) in [7, 11) is 0. The largest absolute Gasteiger partial charge is 0.482 e. The van der Waals surface area contributed by atoms with Crippen molar-refractivity contribution in [2.75, 3.05) is 10.8 Å². The number of halogens is 1. The fourth-order valence-electron chi connectivity index (χ4n) is 1.63. The first-order valence-electron chi connectivity index (χ1n) is 5.72. The zero-order valence-electron chi connectivity index (χ0n) is 10.4. The van der Waals surface area contributed by atoms with Crippen LogP contribution in [0.4, 0.5) is 5.82 Å². The van der Waals surface area contributed by atoms with E-state index in [9.17, 15) is 4.79 Å². The molecule has 0 fully saturated rings. The van der Waals surface area contributed by atoms with Gasteiger partial charge in [-0.1, -0.05) is 12.1 Å². The first-order chi connectivity index (χ1) is 9.20. The van der Waals surface area contributed by atoms with Crippen molar-refractivity contribution in [2.24, 2.45) is 0 Å². The predicted octanol–water partition coefficient (Wildman–Crippen LogP) is 3.37. The Morgan fingerprint density at radius 3 is 2.89 bits per heavy atom. The van der Waals surface area contributed by atoms with Crippen LogP contribution in [-0.2, 0) is 0 Å². The molecule has 0 radical (unpaired) electrons. The normalized spacial score (nSPS) is 10.0. The molecule has 0 saturated carbocycles. The monoisotopic (exact) mass is 320 g/mol. The van der Waals surface area contributed by atoms with Crippen LogP contribution in [0, 0.1) is 6.92 Å². The van der Waals surface area contributed by atoms with E-state index in [-0.39, 0.29) is 5.91 Å². The summed E-state index contributed by atoms with van der Waals surface area (Å²) in [5.41, 5.74) is 1.85. The second-order valence-corrected chi connectivity index (χ2v) is 4.38. The van der Waals surface area contributed by atoms with E-state index in [2.05, 4.69) is 26.2 Å². The number of rotatable bonds is 4. The molecule has 1 heterocycles. The van der Waals surface area contributed by atoms with Gasteiger partial charge in [-0.2, -0.15) is 0 Å². The molecular weight excluding hydrogens is 308 g/mol. The van der Waals surface area contributed by atoms with E-state index in [1.165, 1.54) is 0 Å². The maximum absolute atomic E-state index is 12.2. The van der Waals surface area contributed by atoms with Gasteiger partial charge in [0.1, 0.15) is 17.1 Å². The Morgan fingerprint density at radius 2 is 2.16 bits per heavy atom. The molecule has 2 aromatic rings. The van der Waals surface area contributed by atoms with E-state index < -0.39 is 0 Å². The molecule has 1 aromatic carbocycles. The first kappa shape index (κ1) is 13.5. The molecule has 0 unspecified atom stereocenters. The fourth-order valence-corrected chi connectivity index (χ4v) is 1.87. The smallest absolute Gasteiger partial charge is 0.260 e. The second kappa shape index (κ2) is 6.33. The highest BCUT2D eigenvalue weighted by molar-refractivity contribution is 9.09. The van der Waals surface area contributed by atoms with Crippen LogP contribution < -0.4 is 10.1 Å². The quantitative estimate of drug-likeness (QED) is 0.879. The number of alkyl halides is 1. The van der Waals surface area contributed by atoms with E-state index in [4.69, 9.17) is 4.74 Å². The summed E-state index contributed by atoms with van der Waals surface area (Å²) in [6.45, 7) is 1.94. The number of pyridine rings is 1. The average Bonchev–Trinajstić information content (AvgIpc) is 2.39. The highest BCUT2D eigenvalue weighted by Crippen LogP contribution is 2.19. The highest BCUT2D eigenvalue weighted by Gasteiger charge is 2.12. The Labute approximate surface area is 119 Å². The van der Waals surface area contributed by atoms with Gasteiger partial charge in [-0.05, 0) is 52.7 Å². The summed E-state index contributed by atoms with van der Waals surface area (Å²) in [4.78, 5) is 16.3. The summed E-state index contributed by atoms with van der Waals surface area (Å²) in [5, 5.41) is 2.75. The number of benzene rings is 1. The summed E-state index contributed by atoms with van der Waals surface area (Å²) in [6, 6.07) is 10.8. The van der Waals surface area contributed by atoms with Crippen LogP contribution in [0.15, 0.2) is 42.6 Å². The Kier molecular flexibility index (Phi) is 4.52. The van der Waals surface area contributed by atoms with Crippen LogP contribution in [0.25, 0.3) is 0 Å². The van der Waals surface area contributed by atoms with Crippen LogP contribution in [-0.4, -0.2) is 16.4 Å². The maximum atomic E-state index is 12.2. The fraction of sp³-hybridized carbons (Fsp3) is 0.143. The number of nitrogens with one attached hydrogen (secondary N) is 1. The molecule has 0 aliphatic rings. The SMILES string of the molecule is Cc1ccnc(NC(=O)c2ccccc2OCBr)c1. The number of anilines is 1. The lowest BCUT2D eigenvalue weighted by Gasteiger charge is -2.09. The van der Waals surface area contributed by atoms with Crippen molar-refractivity contribution < 1.29 is 9.53 Å². The molecule has 0 saturated heterocycles. The lowest BCUT2D eigenvalue weighted by atomic mass is 10.2. The van der Waals surface area contributed by atoms with E-state index in [0.717, 1.165) is 5.56 Å². The number of hydrogen-bond donors (Lipinski definition) is 1. The number of carbonyl (C=O) groups excluding carboxylic acids is 1. The van der Waals surface area contributed by atoms with E-state index in [0.29, 0.717) is 22.6 Å². The number of aromatic nitrogens is 1. The molecule has 0 atom stereocenters. The highest BCUT2D eigenvalue weighted by atomic mass is 79.9. The topological polar surface area (TPSA) is 51.2 Å². The summed E-state index contributed by atoms with van der Waals surface area (Å²) < 4.78 is 5.35. The molecular formula is C14H13BrN2O2. The maximum Gasteiger partial charge on any atom is 0.260 e. The molecule has 98 valence electrons. The van der Waals surface area contributed by atoms with Gasteiger partial charge in [0, 0.05) is 6.20 Å². The first-order valence-corrected chi connectivity index (χ1v) is 6.84. The molecule has 1 amide bonds. The predicted molar refractivity (Wildman–Crippen MR) is 77.8 cm³/mol. The zero-order chi connectivity index (χ0) is 13.7.